The van der Waals surface area contributed by atoms with Gasteiger partial charge in [-0.2, -0.15) is 0 Å². The van der Waals surface area contributed by atoms with Crippen LogP contribution in [0.4, 0.5) is 5.69 Å². The minimum Gasteiger partial charge on any atom is -0.495 e. The first kappa shape index (κ1) is 23.6. The van der Waals surface area contributed by atoms with Gasteiger partial charge < -0.3 is 19.9 Å². The van der Waals surface area contributed by atoms with Gasteiger partial charge in [0.2, 0.25) is 0 Å². The van der Waals surface area contributed by atoms with Crippen molar-refractivity contribution in [1.82, 2.24) is 19.4 Å². The second kappa shape index (κ2) is 9.83. The number of rotatable bonds is 5. The fourth-order valence-electron chi connectivity index (χ4n) is 4.57. The molecule has 8 nitrogen and oxygen atoms in total. The molecule has 0 radical (unpaired) electrons. The summed E-state index contributed by atoms with van der Waals surface area (Å²) < 4.78 is 7.52. The van der Waals surface area contributed by atoms with Crippen molar-refractivity contribution in [2.24, 2.45) is 0 Å². The molecule has 1 aliphatic heterocycles. The smallest absolute Gasteiger partial charge is 0.255 e. The molecule has 8 heteroatoms. The number of hydrogen-bond donors (Lipinski definition) is 1. The normalized spacial score (nSPS) is 14.1. The van der Waals surface area contributed by atoms with Crippen LogP contribution < -0.4 is 10.1 Å². The summed E-state index contributed by atoms with van der Waals surface area (Å²) in [6.45, 7) is 4.98. The van der Waals surface area contributed by atoms with Crippen molar-refractivity contribution in [3.8, 4) is 11.4 Å². The van der Waals surface area contributed by atoms with E-state index in [-0.39, 0.29) is 11.8 Å². The molecule has 5 rings (SSSR count). The van der Waals surface area contributed by atoms with Crippen LogP contribution in [-0.4, -0.2) is 71.5 Å². The molecule has 0 aliphatic carbocycles. The SMILES string of the molecule is COc1ccc(C(=O)N2CCN(C)CC2)cc1NC(=O)c1ccc2c(c1)nc(C)n2-c1ccccc1. The van der Waals surface area contributed by atoms with Crippen molar-refractivity contribution in [2.75, 3.05) is 45.7 Å². The molecule has 0 atom stereocenters. The number of nitrogens with zero attached hydrogens (tertiary/aromatic N) is 4. The van der Waals surface area contributed by atoms with E-state index in [1.807, 2.05) is 55.3 Å². The number of anilines is 1. The Balaban J connectivity index is 1.40. The van der Waals surface area contributed by atoms with Gasteiger partial charge in [-0.25, -0.2) is 4.98 Å². The molecule has 2 heterocycles. The monoisotopic (exact) mass is 483 g/mol. The molecule has 0 unspecified atom stereocenters. The maximum atomic E-state index is 13.2. The third-order valence-electron chi connectivity index (χ3n) is 6.58. The van der Waals surface area contributed by atoms with E-state index in [0.717, 1.165) is 35.6 Å². The first-order valence-electron chi connectivity index (χ1n) is 12.0. The van der Waals surface area contributed by atoms with E-state index in [1.54, 1.807) is 30.3 Å². The van der Waals surface area contributed by atoms with Crippen molar-refractivity contribution in [2.45, 2.75) is 6.92 Å². The lowest BCUT2D eigenvalue weighted by molar-refractivity contribution is 0.0664. The van der Waals surface area contributed by atoms with Crippen molar-refractivity contribution in [1.29, 1.82) is 0 Å². The van der Waals surface area contributed by atoms with Gasteiger partial charge in [-0.05, 0) is 62.5 Å². The summed E-state index contributed by atoms with van der Waals surface area (Å²) in [6.07, 6.45) is 0. The Labute approximate surface area is 210 Å². The Morgan fingerprint density at radius 2 is 1.64 bits per heavy atom. The van der Waals surface area contributed by atoms with Crippen LogP contribution in [0.15, 0.2) is 66.7 Å². The van der Waals surface area contributed by atoms with Crippen molar-refractivity contribution < 1.29 is 14.3 Å². The Morgan fingerprint density at radius 1 is 0.917 bits per heavy atom. The van der Waals surface area contributed by atoms with Crippen LogP contribution >= 0.6 is 0 Å². The van der Waals surface area contributed by atoms with Gasteiger partial charge in [-0.15, -0.1) is 0 Å². The first-order valence-corrected chi connectivity index (χ1v) is 12.0. The maximum Gasteiger partial charge on any atom is 0.255 e. The van der Waals surface area contributed by atoms with Gasteiger partial charge >= 0.3 is 0 Å². The fraction of sp³-hybridized carbons (Fsp3) is 0.250. The van der Waals surface area contributed by atoms with E-state index in [0.29, 0.717) is 35.7 Å². The highest BCUT2D eigenvalue weighted by molar-refractivity contribution is 6.07. The molecule has 1 aromatic heterocycles. The van der Waals surface area contributed by atoms with Gasteiger partial charge in [-0.1, -0.05) is 18.2 Å². The van der Waals surface area contributed by atoms with E-state index in [1.165, 1.54) is 7.11 Å². The minimum absolute atomic E-state index is 0.0513. The van der Waals surface area contributed by atoms with Crippen LogP contribution in [-0.2, 0) is 0 Å². The largest absolute Gasteiger partial charge is 0.495 e. The number of carbonyl (C=O) groups excluding carboxylic acids is 2. The zero-order chi connectivity index (χ0) is 25.2. The summed E-state index contributed by atoms with van der Waals surface area (Å²) in [4.78, 5) is 35.0. The molecule has 0 spiro atoms. The van der Waals surface area contributed by atoms with Crippen LogP contribution in [0.2, 0.25) is 0 Å². The van der Waals surface area contributed by atoms with Crippen LogP contribution in [0.25, 0.3) is 16.7 Å². The van der Waals surface area contributed by atoms with Gasteiger partial charge in [0, 0.05) is 43.0 Å². The Hall–Kier alpha value is -4.17. The molecule has 2 amide bonds. The number of piperazine rings is 1. The lowest BCUT2D eigenvalue weighted by atomic mass is 10.1. The Morgan fingerprint density at radius 3 is 2.36 bits per heavy atom. The quantitative estimate of drug-likeness (QED) is 0.465. The molecule has 1 N–H and O–H groups in total. The van der Waals surface area contributed by atoms with E-state index in [4.69, 9.17) is 4.74 Å². The summed E-state index contributed by atoms with van der Waals surface area (Å²) in [5.74, 6) is 0.977. The number of hydrogen-bond acceptors (Lipinski definition) is 5. The third kappa shape index (κ3) is 4.55. The van der Waals surface area contributed by atoms with Gasteiger partial charge in [0.25, 0.3) is 11.8 Å². The van der Waals surface area contributed by atoms with E-state index in [9.17, 15) is 9.59 Å². The number of amides is 2. The lowest BCUT2D eigenvalue weighted by Crippen LogP contribution is -2.47. The predicted molar refractivity (Wildman–Crippen MR) is 140 cm³/mol. The number of para-hydroxylation sites is 1. The zero-order valence-corrected chi connectivity index (χ0v) is 20.7. The number of aryl methyl sites for hydroxylation is 1. The number of nitrogens with one attached hydrogen (secondary N) is 1. The number of imidazole rings is 1. The standard InChI is InChI=1S/C28H29N5O3/c1-19-29-23-17-20(9-11-25(23)33(19)22-7-5-4-6-8-22)27(34)30-24-18-21(10-12-26(24)36-3)28(35)32-15-13-31(2)14-16-32/h4-12,17-18H,13-16H2,1-3H3,(H,30,34). The van der Waals surface area contributed by atoms with E-state index >= 15 is 0 Å². The predicted octanol–water partition coefficient (Wildman–Crippen LogP) is 3.98. The van der Waals surface area contributed by atoms with Gasteiger partial charge in [0.1, 0.15) is 11.6 Å². The zero-order valence-electron chi connectivity index (χ0n) is 20.7. The first-order chi connectivity index (χ1) is 17.4. The number of aromatic nitrogens is 2. The topological polar surface area (TPSA) is 79.7 Å². The van der Waals surface area contributed by atoms with Gasteiger partial charge in [0.05, 0.1) is 23.8 Å². The second-order valence-electron chi connectivity index (χ2n) is 9.00. The summed E-state index contributed by atoms with van der Waals surface area (Å²) in [5.41, 5.74) is 4.11. The van der Waals surface area contributed by atoms with Crippen LogP contribution in [0.3, 0.4) is 0 Å². The number of carbonyl (C=O) groups is 2. The number of fused-ring (bicyclic) bond motifs is 1. The van der Waals surface area contributed by atoms with Crippen LogP contribution in [0.1, 0.15) is 26.5 Å². The molecule has 184 valence electrons. The summed E-state index contributed by atoms with van der Waals surface area (Å²) >= 11 is 0. The number of likely N-dealkylation sites (N-methyl/N-ethyl adjacent to an activating group) is 1. The van der Waals surface area contributed by atoms with Gasteiger partial charge in [-0.3, -0.25) is 14.2 Å². The summed E-state index contributed by atoms with van der Waals surface area (Å²) in [7, 11) is 3.59. The van der Waals surface area contributed by atoms with Crippen molar-refractivity contribution >= 4 is 28.5 Å². The molecule has 4 aromatic rings. The molecular formula is C28H29N5O3. The van der Waals surface area contributed by atoms with E-state index < -0.39 is 0 Å². The number of ether oxygens (including phenoxy) is 1. The van der Waals surface area contributed by atoms with Crippen LogP contribution in [0.5, 0.6) is 5.75 Å². The summed E-state index contributed by atoms with van der Waals surface area (Å²) in [5, 5.41) is 2.92. The molecule has 36 heavy (non-hydrogen) atoms. The highest BCUT2D eigenvalue weighted by Gasteiger charge is 2.22. The molecule has 1 aliphatic rings. The second-order valence-corrected chi connectivity index (χ2v) is 9.00. The van der Waals surface area contributed by atoms with E-state index in [2.05, 4.69) is 19.8 Å². The maximum absolute atomic E-state index is 13.2. The van der Waals surface area contributed by atoms with Gasteiger partial charge in [0.15, 0.2) is 0 Å². The molecule has 1 saturated heterocycles. The lowest BCUT2D eigenvalue weighted by Gasteiger charge is -2.32. The highest BCUT2D eigenvalue weighted by Crippen LogP contribution is 2.28. The molecule has 1 fully saturated rings. The molecule has 0 saturated carbocycles. The summed E-state index contributed by atoms with van der Waals surface area (Å²) in [6, 6.07) is 20.6. The Bertz CT molecular complexity index is 1420. The Kier molecular flexibility index (Phi) is 6.43. The third-order valence-corrected chi connectivity index (χ3v) is 6.58. The van der Waals surface area contributed by atoms with Crippen molar-refractivity contribution in [3.63, 3.8) is 0 Å². The average Bonchev–Trinajstić information content (AvgIpc) is 3.24. The number of methoxy groups -OCH3 is 1. The minimum atomic E-state index is -0.300. The average molecular weight is 484 g/mol. The fourth-order valence-corrected chi connectivity index (χ4v) is 4.57. The highest BCUT2D eigenvalue weighted by atomic mass is 16.5. The van der Waals surface area contributed by atoms with Crippen LogP contribution in [0, 0.1) is 6.92 Å². The molecule has 3 aromatic carbocycles. The molecular weight excluding hydrogens is 454 g/mol. The number of benzene rings is 3. The van der Waals surface area contributed by atoms with Crippen molar-refractivity contribution in [3.05, 3.63) is 83.7 Å². The molecule has 0 bridgehead atoms.